The average molecular weight is 320 g/mol. The van der Waals surface area contributed by atoms with Crippen molar-refractivity contribution in [2.75, 3.05) is 6.61 Å². The molecule has 1 atom stereocenters. The molecule has 0 aromatic heterocycles. The number of hydrogen-bond acceptors (Lipinski definition) is 2. The summed E-state index contributed by atoms with van der Waals surface area (Å²) in [6, 6.07) is 0. The van der Waals surface area contributed by atoms with Gasteiger partial charge in [-0.1, -0.05) is 96.8 Å². The molecule has 21 heavy (non-hydrogen) atoms. The summed E-state index contributed by atoms with van der Waals surface area (Å²) in [5.41, 5.74) is 0. The molecule has 0 radical (unpaired) electrons. The second kappa shape index (κ2) is 18.2. The van der Waals surface area contributed by atoms with Crippen molar-refractivity contribution < 1.29 is 14.0 Å². The van der Waals surface area contributed by atoms with E-state index in [-0.39, 0.29) is 0 Å². The lowest BCUT2D eigenvalue weighted by Gasteiger charge is -2.03. The third kappa shape index (κ3) is 20.1. The Kier molecular flexibility index (Phi) is 18.3. The molecule has 128 valence electrons. The zero-order chi connectivity index (χ0) is 15.6. The number of hydrogen-bond donors (Lipinski definition) is 1. The Morgan fingerprint density at radius 1 is 0.667 bits per heavy atom. The molecule has 4 heteroatoms. The van der Waals surface area contributed by atoms with Gasteiger partial charge in [-0.05, 0) is 6.42 Å². The van der Waals surface area contributed by atoms with E-state index >= 15 is 0 Å². The lowest BCUT2D eigenvalue weighted by Crippen LogP contribution is -1.87. The predicted molar refractivity (Wildman–Crippen MR) is 92.1 cm³/mol. The van der Waals surface area contributed by atoms with E-state index in [1.54, 1.807) is 0 Å². The van der Waals surface area contributed by atoms with Gasteiger partial charge in [0.25, 0.3) is 0 Å². The van der Waals surface area contributed by atoms with E-state index in [4.69, 9.17) is 4.89 Å². The topological polar surface area (TPSA) is 46.5 Å². The van der Waals surface area contributed by atoms with Crippen LogP contribution in [0, 0.1) is 0 Å². The van der Waals surface area contributed by atoms with Gasteiger partial charge in [-0.25, -0.2) is 0 Å². The van der Waals surface area contributed by atoms with Gasteiger partial charge < -0.3 is 9.42 Å². The Balaban J connectivity index is 2.95. The Labute approximate surface area is 132 Å². The average Bonchev–Trinajstić information content (AvgIpc) is 2.46. The minimum absolute atomic E-state index is 0.437. The monoisotopic (exact) mass is 320 g/mol. The fourth-order valence-corrected chi connectivity index (χ4v) is 2.95. The molecule has 0 heterocycles. The first-order chi connectivity index (χ1) is 10.3. The quantitative estimate of drug-likeness (QED) is 0.254. The van der Waals surface area contributed by atoms with Crippen LogP contribution in [0.5, 0.6) is 0 Å². The van der Waals surface area contributed by atoms with Crippen molar-refractivity contribution in [2.45, 2.75) is 103 Å². The molecule has 0 fully saturated rings. The second-order valence-corrected chi connectivity index (χ2v) is 6.88. The Bertz CT molecular complexity index is 222. The van der Waals surface area contributed by atoms with Gasteiger partial charge in [0.1, 0.15) is 0 Å². The van der Waals surface area contributed by atoms with E-state index < -0.39 is 8.25 Å². The van der Waals surface area contributed by atoms with Crippen LogP contribution in [0.15, 0.2) is 0 Å². The maximum Gasteiger partial charge on any atom is 0.316 e. The van der Waals surface area contributed by atoms with Gasteiger partial charge in [-0.3, -0.25) is 4.57 Å². The molecule has 0 aromatic rings. The molecule has 0 aromatic carbocycles. The minimum Gasteiger partial charge on any atom is -0.326 e. The predicted octanol–water partition coefficient (Wildman–Crippen LogP) is 6.26. The van der Waals surface area contributed by atoms with Gasteiger partial charge in [-0.15, -0.1) is 0 Å². The summed E-state index contributed by atoms with van der Waals surface area (Å²) in [6.45, 7) is 2.71. The highest BCUT2D eigenvalue weighted by molar-refractivity contribution is 7.32. The molecule has 0 bridgehead atoms. The third-order valence-electron chi connectivity index (χ3n) is 3.97. The second-order valence-electron chi connectivity index (χ2n) is 6.06. The summed E-state index contributed by atoms with van der Waals surface area (Å²) in [7, 11) is -2.70. The van der Waals surface area contributed by atoms with Crippen molar-refractivity contribution in [3.8, 4) is 0 Å². The maximum absolute atomic E-state index is 10.3. The van der Waals surface area contributed by atoms with Crippen molar-refractivity contribution in [3.05, 3.63) is 0 Å². The summed E-state index contributed by atoms with van der Waals surface area (Å²) < 4.78 is 15.0. The summed E-state index contributed by atoms with van der Waals surface area (Å²) in [5.74, 6) is 0. The van der Waals surface area contributed by atoms with Gasteiger partial charge in [0.2, 0.25) is 0 Å². The first kappa shape index (κ1) is 21.1. The van der Waals surface area contributed by atoms with Crippen molar-refractivity contribution >= 4 is 8.25 Å². The number of rotatable bonds is 17. The van der Waals surface area contributed by atoms with Crippen LogP contribution in [-0.4, -0.2) is 11.5 Å². The molecule has 0 saturated heterocycles. The lowest BCUT2D eigenvalue weighted by atomic mass is 10.0. The fourth-order valence-electron chi connectivity index (χ4n) is 2.63. The summed E-state index contributed by atoms with van der Waals surface area (Å²) in [4.78, 5) is 8.49. The van der Waals surface area contributed by atoms with Gasteiger partial charge in [0.05, 0.1) is 6.61 Å². The lowest BCUT2D eigenvalue weighted by molar-refractivity contribution is 0.273. The zero-order valence-corrected chi connectivity index (χ0v) is 15.1. The first-order valence-electron chi connectivity index (χ1n) is 9.13. The molecular weight excluding hydrogens is 283 g/mol. The van der Waals surface area contributed by atoms with E-state index in [2.05, 4.69) is 11.4 Å². The molecular formula is C17H37O3P. The normalized spacial score (nSPS) is 12.7. The van der Waals surface area contributed by atoms with Gasteiger partial charge >= 0.3 is 8.25 Å². The third-order valence-corrected chi connectivity index (χ3v) is 4.42. The van der Waals surface area contributed by atoms with Crippen molar-refractivity contribution in [1.82, 2.24) is 0 Å². The highest BCUT2D eigenvalue weighted by Gasteiger charge is 1.95. The molecule has 1 unspecified atom stereocenters. The molecule has 0 spiro atoms. The van der Waals surface area contributed by atoms with E-state index in [0.29, 0.717) is 6.61 Å². The number of unbranched alkanes of at least 4 members (excludes halogenated alkanes) is 14. The molecule has 1 N–H and O–H groups in total. The van der Waals surface area contributed by atoms with Gasteiger partial charge in [0.15, 0.2) is 0 Å². The SMILES string of the molecule is CCCCCCCCCCCCCCCCCO[PH](=O)O. The zero-order valence-electron chi connectivity index (χ0n) is 14.1. The Morgan fingerprint density at radius 3 is 1.33 bits per heavy atom. The van der Waals surface area contributed by atoms with Crippen LogP contribution in [0.4, 0.5) is 0 Å². The van der Waals surface area contributed by atoms with E-state index in [1.807, 2.05) is 0 Å². The summed E-state index contributed by atoms with van der Waals surface area (Å²) >= 11 is 0. The molecule has 0 aliphatic heterocycles. The smallest absolute Gasteiger partial charge is 0.316 e. The van der Waals surface area contributed by atoms with E-state index in [9.17, 15) is 4.57 Å². The highest BCUT2D eigenvalue weighted by atomic mass is 31.1. The minimum atomic E-state index is -2.70. The van der Waals surface area contributed by atoms with Gasteiger partial charge in [-0.2, -0.15) is 0 Å². The van der Waals surface area contributed by atoms with Crippen molar-refractivity contribution in [3.63, 3.8) is 0 Å². The van der Waals surface area contributed by atoms with Crippen LogP contribution in [-0.2, 0) is 9.09 Å². The van der Waals surface area contributed by atoms with Crippen LogP contribution in [0.2, 0.25) is 0 Å². The standard InChI is InChI=1S/C17H37O3P/c1-2-3-4-5-6-7-8-9-10-11-12-13-14-15-16-17-20-21(18)19/h21H,2-17H2,1H3,(H,18,19). The molecule has 0 amide bonds. The molecule has 0 aliphatic rings. The van der Waals surface area contributed by atoms with Crippen LogP contribution >= 0.6 is 8.25 Å². The molecule has 0 saturated carbocycles. The molecule has 0 rings (SSSR count). The first-order valence-corrected chi connectivity index (χ1v) is 10.4. The van der Waals surface area contributed by atoms with Gasteiger partial charge in [0, 0.05) is 0 Å². The Hall–Kier alpha value is 0.150. The van der Waals surface area contributed by atoms with Crippen LogP contribution < -0.4 is 0 Å². The van der Waals surface area contributed by atoms with E-state index in [0.717, 1.165) is 12.8 Å². The fraction of sp³-hybridized carbons (Fsp3) is 1.00. The van der Waals surface area contributed by atoms with Crippen molar-refractivity contribution in [1.29, 1.82) is 0 Å². The van der Waals surface area contributed by atoms with Crippen LogP contribution in [0.3, 0.4) is 0 Å². The Morgan fingerprint density at radius 2 is 1.00 bits per heavy atom. The van der Waals surface area contributed by atoms with Crippen molar-refractivity contribution in [2.24, 2.45) is 0 Å². The maximum atomic E-state index is 10.3. The summed E-state index contributed by atoms with van der Waals surface area (Å²) in [6.07, 6.45) is 20.0. The largest absolute Gasteiger partial charge is 0.326 e. The van der Waals surface area contributed by atoms with E-state index in [1.165, 1.54) is 83.5 Å². The molecule has 0 aliphatic carbocycles. The van der Waals surface area contributed by atoms with Crippen LogP contribution in [0.25, 0.3) is 0 Å². The molecule has 3 nitrogen and oxygen atoms in total. The van der Waals surface area contributed by atoms with Crippen LogP contribution in [0.1, 0.15) is 103 Å². The summed E-state index contributed by atoms with van der Waals surface area (Å²) in [5, 5.41) is 0. The highest BCUT2D eigenvalue weighted by Crippen LogP contribution is 2.16.